The Kier molecular flexibility index (Phi) is 6.55. The number of methoxy groups -OCH3 is 1. The number of unbranched alkanes of at least 4 members (excludes halogenated alkanes) is 1. The standard InChI is InChI=1S/C18H29NO/c1-3-19-18-16(10-6-7-14-20-2)12-8-11-15-9-4-5-13-17(15)18/h4-5,9,13,16,18-19H,3,6-8,10-12,14H2,1-2H3. The molecule has 2 atom stereocenters. The molecule has 0 saturated carbocycles. The smallest absolute Gasteiger partial charge is 0.0462 e. The average molecular weight is 275 g/mol. The second kappa shape index (κ2) is 8.43. The first-order valence-corrected chi connectivity index (χ1v) is 8.17. The van der Waals surface area contributed by atoms with E-state index < -0.39 is 0 Å². The first kappa shape index (κ1) is 15.5. The highest BCUT2D eigenvalue weighted by molar-refractivity contribution is 5.31. The highest BCUT2D eigenvalue weighted by Crippen LogP contribution is 2.35. The number of rotatable bonds is 7. The number of hydrogen-bond acceptors (Lipinski definition) is 2. The van der Waals surface area contributed by atoms with Crippen LogP contribution in [-0.2, 0) is 11.2 Å². The fourth-order valence-corrected chi connectivity index (χ4v) is 3.50. The van der Waals surface area contributed by atoms with Crippen LogP contribution in [0.25, 0.3) is 0 Å². The molecule has 0 fully saturated rings. The van der Waals surface area contributed by atoms with Gasteiger partial charge in [0.2, 0.25) is 0 Å². The van der Waals surface area contributed by atoms with Crippen molar-refractivity contribution < 1.29 is 4.74 Å². The van der Waals surface area contributed by atoms with E-state index in [2.05, 4.69) is 36.5 Å². The van der Waals surface area contributed by atoms with Gasteiger partial charge in [0, 0.05) is 19.8 Å². The van der Waals surface area contributed by atoms with E-state index in [1.54, 1.807) is 18.2 Å². The molecule has 0 radical (unpaired) electrons. The van der Waals surface area contributed by atoms with Crippen LogP contribution in [0.3, 0.4) is 0 Å². The van der Waals surface area contributed by atoms with E-state index in [0.29, 0.717) is 6.04 Å². The quantitative estimate of drug-likeness (QED) is 0.597. The maximum absolute atomic E-state index is 5.17. The molecule has 1 aliphatic carbocycles. The van der Waals surface area contributed by atoms with E-state index in [9.17, 15) is 0 Å². The Bertz CT molecular complexity index is 391. The van der Waals surface area contributed by atoms with Crippen LogP contribution in [0, 0.1) is 5.92 Å². The molecule has 1 aromatic rings. The van der Waals surface area contributed by atoms with Gasteiger partial charge in [0.05, 0.1) is 0 Å². The van der Waals surface area contributed by atoms with Gasteiger partial charge in [-0.25, -0.2) is 0 Å². The van der Waals surface area contributed by atoms with Crippen molar-refractivity contribution in [2.24, 2.45) is 5.92 Å². The predicted molar refractivity (Wildman–Crippen MR) is 85.0 cm³/mol. The minimum Gasteiger partial charge on any atom is -0.385 e. The Morgan fingerprint density at radius 1 is 1.25 bits per heavy atom. The molecule has 1 aliphatic rings. The fraction of sp³-hybridized carbons (Fsp3) is 0.667. The van der Waals surface area contributed by atoms with Gasteiger partial charge in [-0.15, -0.1) is 0 Å². The van der Waals surface area contributed by atoms with Gasteiger partial charge in [-0.2, -0.15) is 0 Å². The lowest BCUT2D eigenvalue weighted by Crippen LogP contribution is -2.28. The van der Waals surface area contributed by atoms with Gasteiger partial charge < -0.3 is 10.1 Å². The van der Waals surface area contributed by atoms with Crippen LogP contribution in [0.15, 0.2) is 24.3 Å². The van der Waals surface area contributed by atoms with Crippen molar-refractivity contribution in [3.05, 3.63) is 35.4 Å². The number of benzene rings is 1. The van der Waals surface area contributed by atoms with Gasteiger partial charge >= 0.3 is 0 Å². The van der Waals surface area contributed by atoms with Crippen LogP contribution >= 0.6 is 0 Å². The number of aryl methyl sites for hydroxylation is 1. The molecule has 0 bridgehead atoms. The summed E-state index contributed by atoms with van der Waals surface area (Å²) in [5.41, 5.74) is 3.10. The minimum atomic E-state index is 0.543. The maximum Gasteiger partial charge on any atom is 0.0462 e. The summed E-state index contributed by atoms with van der Waals surface area (Å²) >= 11 is 0. The zero-order valence-corrected chi connectivity index (χ0v) is 13.0. The third-order valence-corrected chi connectivity index (χ3v) is 4.48. The monoisotopic (exact) mass is 275 g/mol. The topological polar surface area (TPSA) is 21.3 Å². The molecule has 0 spiro atoms. The molecule has 2 rings (SSSR count). The molecular weight excluding hydrogens is 246 g/mol. The highest BCUT2D eigenvalue weighted by Gasteiger charge is 2.26. The van der Waals surface area contributed by atoms with E-state index in [1.165, 1.54) is 38.5 Å². The maximum atomic E-state index is 5.17. The molecule has 20 heavy (non-hydrogen) atoms. The molecule has 0 aromatic heterocycles. The Morgan fingerprint density at radius 3 is 2.90 bits per heavy atom. The van der Waals surface area contributed by atoms with Crippen molar-refractivity contribution >= 4 is 0 Å². The van der Waals surface area contributed by atoms with Crippen molar-refractivity contribution in [2.45, 2.75) is 51.5 Å². The molecule has 0 amide bonds. The lowest BCUT2D eigenvalue weighted by molar-refractivity contribution is 0.187. The lowest BCUT2D eigenvalue weighted by atomic mass is 9.87. The number of ether oxygens (including phenoxy) is 1. The van der Waals surface area contributed by atoms with Crippen LogP contribution < -0.4 is 5.32 Å². The van der Waals surface area contributed by atoms with E-state index in [-0.39, 0.29) is 0 Å². The molecule has 2 heteroatoms. The van der Waals surface area contributed by atoms with Crippen molar-refractivity contribution in [3.63, 3.8) is 0 Å². The second-order valence-electron chi connectivity index (χ2n) is 5.88. The van der Waals surface area contributed by atoms with Gasteiger partial charge in [-0.05, 0) is 55.7 Å². The van der Waals surface area contributed by atoms with Gasteiger partial charge in [0.1, 0.15) is 0 Å². The van der Waals surface area contributed by atoms with Gasteiger partial charge in [0.25, 0.3) is 0 Å². The van der Waals surface area contributed by atoms with E-state index in [1.807, 2.05) is 0 Å². The first-order valence-electron chi connectivity index (χ1n) is 8.17. The normalized spacial score (nSPS) is 22.3. The lowest BCUT2D eigenvalue weighted by Gasteiger charge is -2.27. The largest absolute Gasteiger partial charge is 0.385 e. The number of fused-ring (bicyclic) bond motifs is 1. The molecule has 0 saturated heterocycles. The summed E-state index contributed by atoms with van der Waals surface area (Å²) in [5.74, 6) is 0.774. The molecule has 0 aliphatic heterocycles. The van der Waals surface area contributed by atoms with Crippen LogP contribution in [0.5, 0.6) is 0 Å². The van der Waals surface area contributed by atoms with Crippen molar-refractivity contribution in [1.29, 1.82) is 0 Å². The third-order valence-electron chi connectivity index (χ3n) is 4.48. The van der Waals surface area contributed by atoms with E-state index in [4.69, 9.17) is 4.74 Å². The van der Waals surface area contributed by atoms with Crippen LogP contribution in [0.1, 0.15) is 56.2 Å². The molecular formula is C18H29NO. The van der Waals surface area contributed by atoms with Crippen LogP contribution in [0.2, 0.25) is 0 Å². The Hall–Kier alpha value is -0.860. The van der Waals surface area contributed by atoms with Gasteiger partial charge in [-0.3, -0.25) is 0 Å². The van der Waals surface area contributed by atoms with Crippen molar-refractivity contribution in [3.8, 4) is 0 Å². The minimum absolute atomic E-state index is 0.543. The van der Waals surface area contributed by atoms with Crippen LogP contribution in [-0.4, -0.2) is 20.3 Å². The van der Waals surface area contributed by atoms with E-state index >= 15 is 0 Å². The Labute approximate surface area is 123 Å². The summed E-state index contributed by atoms with van der Waals surface area (Å²) in [4.78, 5) is 0. The Balaban J connectivity index is 2.06. The molecule has 0 heterocycles. The van der Waals surface area contributed by atoms with E-state index in [0.717, 1.165) is 19.1 Å². The SMILES string of the molecule is CCNC1c2ccccc2CCCC1CCCCOC. The number of hydrogen-bond donors (Lipinski definition) is 1. The fourth-order valence-electron chi connectivity index (χ4n) is 3.50. The Morgan fingerprint density at radius 2 is 2.10 bits per heavy atom. The zero-order chi connectivity index (χ0) is 14.2. The number of nitrogens with one attached hydrogen (secondary N) is 1. The van der Waals surface area contributed by atoms with Crippen LogP contribution in [0.4, 0.5) is 0 Å². The summed E-state index contributed by atoms with van der Waals surface area (Å²) in [6.45, 7) is 4.16. The molecule has 112 valence electrons. The van der Waals surface area contributed by atoms with Crippen molar-refractivity contribution in [1.82, 2.24) is 5.32 Å². The first-order chi connectivity index (χ1) is 9.86. The third kappa shape index (κ3) is 4.07. The highest BCUT2D eigenvalue weighted by atomic mass is 16.5. The van der Waals surface area contributed by atoms with Crippen molar-refractivity contribution in [2.75, 3.05) is 20.3 Å². The summed E-state index contributed by atoms with van der Waals surface area (Å²) in [6, 6.07) is 9.56. The molecule has 1 aromatic carbocycles. The molecule has 1 N–H and O–H groups in total. The molecule has 2 nitrogen and oxygen atoms in total. The summed E-state index contributed by atoms with van der Waals surface area (Å²) in [5, 5.41) is 3.74. The summed E-state index contributed by atoms with van der Waals surface area (Å²) in [7, 11) is 1.79. The van der Waals surface area contributed by atoms with Gasteiger partial charge in [0.15, 0.2) is 0 Å². The summed E-state index contributed by atoms with van der Waals surface area (Å²) in [6.07, 6.45) is 7.70. The average Bonchev–Trinajstić information content (AvgIpc) is 2.64. The predicted octanol–water partition coefficient (Wildman–Crippen LogP) is 4.11. The summed E-state index contributed by atoms with van der Waals surface area (Å²) < 4.78 is 5.17. The second-order valence-corrected chi connectivity index (χ2v) is 5.88. The van der Waals surface area contributed by atoms with Gasteiger partial charge in [-0.1, -0.05) is 37.6 Å². The zero-order valence-electron chi connectivity index (χ0n) is 13.0. The molecule has 2 unspecified atom stereocenters.